The maximum Gasteiger partial charge on any atom is 0.348 e. The van der Waals surface area contributed by atoms with Gasteiger partial charge in [-0.05, 0) is 74.6 Å². The average molecular weight is 524 g/mol. The molecule has 2 aliphatic carbocycles. The van der Waals surface area contributed by atoms with Crippen LogP contribution in [0.2, 0.25) is 0 Å². The highest BCUT2D eigenvalue weighted by Gasteiger charge is 2.38. The van der Waals surface area contributed by atoms with E-state index in [1.54, 1.807) is 23.0 Å². The van der Waals surface area contributed by atoms with E-state index in [0.29, 0.717) is 23.0 Å². The number of carboxylic acid groups (broad SMARTS) is 1. The number of carbonyl (C=O) groups excluding carboxylic acids is 2. The molecule has 2 amide bonds. The molecule has 3 aromatic rings. The molecule has 9 heteroatoms. The van der Waals surface area contributed by atoms with Gasteiger partial charge in [-0.3, -0.25) is 9.59 Å². The number of aromatic nitrogens is 1. The molecule has 2 heterocycles. The maximum atomic E-state index is 13.7. The first-order valence-corrected chi connectivity index (χ1v) is 14.2. The van der Waals surface area contributed by atoms with Crippen molar-refractivity contribution in [3.05, 3.63) is 51.8 Å². The van der Waals surface area contributed by atoms with Crippen molar-refractivity contribution in [1.82, 2.24) is 4.98 Å². The Morgan fingerprint density at radius 1 is 1.06 bits per heavy atom. The molecule has 2 aliphatic rings. The van der Waals surface area contributed by atoms with Crippen LogP contribution >= 0.6 is 22.7 Å². The summed E-state index contributed by atoms with van der Waals surface area (Å²) in [5.41, 5.74) is 3.97. The van der Waals surface area contributed by atoms with Crippen LogP contribution in [0, 0.1) is 11.8 Å². The number of rotatable bonds is 7. The molecule has 0 unspecified atom stereocenters. The van der Waals surface area contributed by atoms with E-state index in [0.717, 1.165) is 55.4 Å². The molecule has 0 radical (unpaired) electrons. The molecule has 2 N–H and O–H groups in total. The van der Waals surface area contributed by atoms with Crippen molar-refractivity contribution < 1.29 is 19.5 Å². The molecule has 36 heavy (non-hydrogen) atoms. The van der Waals surface area contributed by atoms with Gasteiger partial charge in [0.05, 0.1) is 11.2 Å². The van der Waals surface area contributed by atoms with Gasteiger partial charge in [0.15, 0.2) is 0 Å². The van der Waals surface area contributed by atoms with Crippen LogP contribution in [0.5, 0.6) is 0 Å². The fourth-order valence-electron chi connectivity index (χ4n) is 4.94. The zero-order valence-electron chi connectivity index (χ0n) is 20.1. The van der Waals surface area contributed by atoms with Gasteiger partial charge in [-0.15, -0.1) is 22.7 Å². The fourth-order valence-corrected chi connectivity index (χ4v) is 6.46. The Hall–Kier alpha value is -3.04. The molecule has 188 valence electrons. The molecule has 7 nitrogen and oxygen atoms in total. The molecule has 1 aromatic carbocycles. The van der Waals surface area contributed by atoms with Crippen LogP contribution in [0.25, 0.3) is 10.4 Å². The van der Waals surface area contributed by atoms with E-state index in [4.69, 9.17) is 0 Å². The van der Waals surface area contributed by atoms with Crippen LogP contribution in [0.1, 0.15) is 72.0 Å². The van der Waals surface area contributed by atoms with Crippen molar-refractivity contribution in [1.29, 1.82) is 0 Å². The molecule has 2 saturated carbocycles. The van der Waals surface area contributed by atoms with Crippen molar-refractivity contribution in [2.75, 3.05) is 10.2 Å². The van der Waals surface area contributed by atoms with E-state index in [9.17, 15) is 19.5 Å². The van der Waals surface area contributed by atoms with E-state index in [1.807, 2.05) is 23.1 Å². The Bertz CT molecular complexity index is 1240. The lowest BCUT2D eigenvalue weighted by molar-refractivity contribution is -0.124. The predicted octanol–water partition coefficient (Wildman–Crippen LogP) is 6.53. The topological polar surface area (TPSA) is 99.6 Å². The largest absolute Gasteiger partial charge is 0.477 e. The summed E-state index contributed by atoms with van der Waals surface area (Å²) in [6, 6.07) is 9.22. The summed E-state index contributed by atoms with van der Waals surface area (Å²) >= 11 is 2.55. The summed E-state index contributed by atoms with van der Waals surface area (Å²) < 4.78 is 0. The van der Waals surface area contributed by atoms with Crippen LogP contribution < -0.4 is 10.2 Å². The first-order valence-electron chi connectivity index (χ1n) is 12.4. The van der Waals surface area contributed by atoms with Crippen LogP contribution in [0.3, 0.4) is 0 Å². The Labute approximate surface area is 218 Å². The lowest BCUT2D eigenvalue weighted by Crippen LogP contribution is -2.48. The van der Waals surface area contributed by atoms with Gasteiger partial charge in [-0.25, -0.2) is 9.78 Å². The molecule has 2 fully saturated rings. The van der Waals surface area contributed by atoms with Crippen molar-refractivity contribution in [2.45, 2.75) is 57.9 Å². The van der Waals surface area contributed by atoms with Gasteiger partial charge in [-0.2, -0.15) is 0 Å². The normalized spacial score (nSPS) is 19.9. The van der Waals surface area contributed by atoms with Crippen LogP contribution in [-0.2, 0) is 4.79 Å². The first-order chi connectivity index (χ1) is 17.4. The smallest absolute Gasteiger partial charge is 0.348 e. The summed E-state index contributed by atoms with van der Waals surface area (Å²) in [5, 5.41) is 14.5. The standard InChI is InChI=1S/C27H29N3O4S2/c1-16-5-7-18(8-6-16)26(32)30(20-3-2-4-20)22-13-23(36-24(22)27(33)34)17-9-11-19(12-10-17)29-25(31)21-14-35-15-28-21/h9-16,18,20H,2-8H2,1H3,(H,29,31)(H,33,34)/t16-,18-. The summed E-state index contributed by atoms with van der Waals surface area (Å²) in [7, 11) is 0. The van der Waals surface area contributed by atoms with Gasteiger partial charge in [0.25, 0.3) is 5.91 Å². The second kappa shape index (κ2) is 10.5. The van der Waals surface area contributed by atoms with Crippen molar-refractivity contribution >= 4 is 51.8 Å². The number of thiophene rings is 1. The Morgan fingerprint density at radius 3 is 2.36 bits per heavy atom. The quantitative estimate of drug-likeness (QED) is 0.367. The van der Waals surface area contributed by atoms with E-state index in [1.165, 1.54) is 22.7 Å². The molecule has 2 aromatic heterocycles. The number of benzene rings is 1. The number of carboxylic acids is 1. The summed E-state index contributed by atoms with van der Waals surface area (Å²) in [6.45, 7) is 2.23. The lowest BCUT2D eigenvalue weighted by Gasteiger charge is -2.40. The number of hydrogen-bond acceptors (Lipinski definition) is 6. The minimum Gasteiger partial charge on any atom is -0.477 e. The van der Waals surface area contributed by atoms with Gasteiger partial charge >= 0.3 is 5.97 Å². The zero-order chi connectivity index (χ0) is 25.2. The number of thiazole rings is 1. The van der Waals surface area contributed by atoms with Crippen molar-refractivity contribution in [3.8, 4) is 10.4 Å². The minimum atomic E-state index is -1.01. The third kappa shape index (κ3) is 5.08. The molecule has 0 saturated heterocycles. The highest BCUT2D eigenvalue weighted by atomic mass is 32.1. The second-order valence-electron chi connectivity index (χ2n) is 9.79. The Morgan fingerprint density at radius 2 is 1.78 bits per heavy atom. The molecular weight excluding hydrogens is 494 g/mol. The summed E-state index contributed by atoms with van der Waals surface area (Å²) in [5.74, 6) is -0.598. The number of anilines is 2. The van der Waals surface area contributed by atoms with E-state index in [-0.39, 0.29) is 28.7 Å². The van der Waals surface area contributed by atoms with Crippen LogP contribution in [0.15, 0.2) is 41.2 Å². The van der Waals surface area contributed by atoms with E-state index >= 15 is 0 Å². The third-order valence-electron chi connectivity index (χ3n) is 7.30. The number of nitrogens with zero attached hydrogens (tertiary/aromatic N) is 2. The summed E-state index contributed by atoms with van der Waals surface area (Å²) in [6.07, 6.45) is 6.71. The van der Waals surface area contributed by atoms with E-state index in [2.05, 4.69) is 17.2 Å². The molecule has 0 atom stereocenters. The number of aromatic carboxylic acids is 1. The van der Waals surface area contributed by atoms with Gasteiger partial charge in [0.1, 0.15) is 10.6 Å². The van der Waals surface area contributed by atoms with Gasteiger partial charge in [-0.1, -0.05) is 19.1 Å². The number of nitrogens with one attached hydrogen (secondary N) is 1. The van der Waals surface area contributed by atoms with Crippen molar-refractivity contribution in [2.24, 2.45) is 11.8 Å². The van der Waals surface area contributed by atoms with Gasteiger partial charge < -0.3 is 15.3 Å². The monoisotopic (exact) mass is 523 g/mol. The lowest BCUT2D eigenvalue weighted by atomic mass is 9.81. The third-order valence-corrected chi connectivity index (χ3v) is 9.05. The molecule has 0 spiro atoms. The van der Waals surface area contributed by atoms with E-state index < -0.39 is 5.97 Å². The molecule has 5 rings (SSSR count). The molecule has 0 aliphatic heterocycles. The van der Waals surface area contributed by atoms with Crippen LogP contribution in [-0.4, -0.2) is 33.9 Å². The predicted molar refractivity (Wildman–Crippen MR) is 143 cm³/mol. The highest BCUT2D eigenvalue weighted by Crippen LogP contribution is 2.42. The van der Waals surface area contributed by atoms with Gasteiger partial charge in [0, 0.05) is 27.9 Å². The minimum absolute atomic E-state index is 0.0348. The summed E-state index contributed by atoms with van der Waals surface area (Å²) in [4.78, 5) is 45.0. The number of hydrogen-bond donors (Lipinski definition) is 2. The van der Waals surface area contributed by atoms with Crippen LogP contribution in [0.4, 0.5) is 11.4 Å². The fraction of sp³-hybridized carbons (Fsp3) is 0.407. The zero-order valence-corrected chi connectivity index (χ0v) is 21.7. The molecular formula is C27H29N3O4S2. The maximum absolute atomic E-state index is 13.7. The Kier molecular flexibility index (Phi) is 7.20. The average Bonchev–Trinajstić information content (AvgIpc) is 3.53. The second-order valence-corrected chi connectivity index (χ2v) is 11.6. The van der Waals surface area contributed by atoms with Gasteiger partial charge in [0.2, 0.25) is 5.91 Å². The van der Waals surface area contributed by atoms with Crippen molar-refractivity contribution in [3.63, 3.8) is 0 Å². The highest BCUT2D eigenvalue weighted by molar-refractivity contribution is 7.18. The molecule has 0 bridgehead atoms. The SMILES string of the molecule is C[C@H]1CC[C@H](C(=O)N(c2cc(-c3ccc(NC(=O)c4cscn4)cc3)sc2C(=O)O)C2CCC2)CC1. The first kappa shape index (κ1) is 24.6. The number of amides is 2. The Balaban J connectivity index is 1.41. The number of carbonyl (C=O) groups is 3.